The number of hydrogen-bond acceptors (Lipinski definition) is 1. The topological polar surface area (TPSA) is 9.23 Å². The highest BCUT2D eigenvalue weighted by Gasteiger charge is 2.34. The van der Waals surface area contributed by atoms with Gasteiger partial charge >= 0.3 is 0 Å². The van der Waals surface area contributed by atoms with Gasteiger partial charge in [-0.15, -0.1) is 0 Å². The number of rotatable bonds is 0. The van der Waals surface area contributed by atoms with Gasteiger partial charge in [-0.1, -0.05) is 12.2 Å². The molecule has 0 amide bonds. The SMILES string of the molecule is Fc1cc2c(cc1Br)[C@H]1C=C[C@@H]2O1. The summed E-state index contributed by atoms with van der Waals surface area (Å²) in [7, 11) is 0. The quantitative estimate of drug-likeness (QED) is 0.633. The number of ether oxygens (including phenoxy) is 1. The van der Waals surface area contributed by atoms with E-state index in [9.17, 15) is 4.39 Å². The van der Waals surface area contributed by atoms with Crippen LogP contribution in [-0.2, 0) is 4.74 Å². The summed E-state index contributed by atoms with van der Waals surface area (Å²) in [6, 6.07) is 3.35. The van der Waals surface area contributed by atoms with E-state index in [4.69, 9.17) is 4.74 Å². The second-order valence-electron chi connectivity index (χ2n) is 3.26. The number of benzene rings is 1. The molecule has 1 aromatic rings. The summed E-state index contributed by atoms with van der Waals surface area (Å²) in [4.78, 5) is 0. The first-order chi connectivity index (χ1) is 6.25. The van der Waals surface area contributed by atoms with Crippen LogP contribution in [0.25, 0.3) is 0 Å². The van der Waals surface area contributed by atoms with Crippen molar-refractivity contribution in [1.29, 1.82) is 0 Å². The van der Waals surface area contributed by atoms with Gasteiger partial charge in [0.05, 0.1) is 4.47 Å². The van der Waals surface area contributed by atoms with E-state index < -0.39 is 0 Å². The Hall–Kier alpha value is -0.670. The smallest absolute Gasteiger partial charge is 0.137 e. The van der Waals surface area contributed by atoms with Gasteiger partial charge in [-0.3, -0.25) is 0 Å². The van der Waals surface area contributed by atoms with Gasteiger partial charge in [-0.05, 0) is 39.2 Å². The van der Waals surface area contributed by atoms with E-state index >= 15 is 0 Å². The predicted octanol–water partition coefficient (Wildman–Crippen LogP) is 3.27. The maximum absolute atomic E-state index is 13.2. The zero-order valence-electron chi connectivity index (χ0n) is 6.63. The Morgan fingerprint density at radius 3 is 2.46 bits per heavy atom. The first-order valence-electron chi connectivity index (χ1n) is 4.08. The fourth-order valence-corrected chi connectivity index (χ4v) is 2.24. The lowest BCUT2D eigenvalue weighted by molar-refractivity contribution is 0.0878. The van der Waals surface area contributed by atoms with Gasteiger partial charge in [0, 0.05) is 0 Å². The molecule has 1 nitrogen and oxygen atoms in total. The van der Waals surface area contributed by atoms with Crippen LogP contribution in [0, 0.1) is 5.82 Å². The molecule has 0 aromatic heterocycles. The van der Waals surface area contributed by atoms with Crippen LogP contribution in [0.1, 0.15) is 23.3 Å². The number of fused-ring (bicyclic) bond motifs is 5. The molecule has 66 valence electrons. The third-order valence-corrected chi connectivity index (χ3v) is 3.10. The van der Waals surface area contributed by atoms with Crippen molar-refractivity contribution in [2.75, 3.05) is 0 Å². The van der Waals surface area contributed by atoms with Crippen LogP contribution in [0.15, 0.2) is 28.8 Å². The Kier molecular flexibility index (Phi) is 1.44. The van der Waals surface area contributed by atoms with Gasteiger partial charge in [0.15, 0.2) is 0 Å². The first kappa shape index (κ1) is 7.71. The van der Waals surface area contributed by atoms with Crippen LogP contribution < -0.4 is 0 Å². The molecular formula is C10H6BrFO. The van der Waals surface area contributed by atoms with Crippen LogP contribution in [0.2, 0.25) is 0 Å². The highest BCUT2D eigenvalue weighted by atomic mass is 79.9. The van der Waals surface area contributed by atoms with Crippen LogP contribution >= 0.6 is 15.9 Å². The van der Waals surface area contributed by atoms with Crippen molar-refractivity contribution in [3.8, 4) is 0 Å². The standard InChI is InChI=1S/C10H6BrFO/c11-7-3-5-6(4-8(7)12)10-2-1-9(5)13-10/h1-4,9-10H/t9-,10+/m1/s1. The van der Waals surface area contributed by atoms with Gasteiger partial charge in [-0.25, -0.2) is 4.39 Å². The van der Waals surface area contributed by atoms with Gasteiger partial charge in [0.25, 0.3) is 0 Å². The normalized spacial score (nSPS) is 28.2. The lowest BCUT2D eigenvalue weighted by Crippen LogP contribution is -1.94. The second-order valence-corrected chi connectivity index (χ2v) is 4.11. The predicted molar refractivity (Wildman–Crippen MR) is 49.8 cm³/mol. The molecule has 0 aliphatic carbocycles. The summed E-state index contributed by atoms with van der Waals surface area (Å²) >= 11 is 3.17. The average Bonchev–Trinajstić information content (AvgIpc) is 2.67. The molecule has 0 unspecified atom stereocenters. The molecule has 0 N–H and O–H groups in total. The van der Waals surface area contributed by atoms with Crippen molar-refractivity contribution >= 4 is 15.9 Å². The van der Waals surface area contributed by atoms with Crippen molar-refractivity contribution in [3.05, 3.63) is 45.7 Å². The number of halogens is 2. The lowest BCUT2D eigenvalue weighted by atomic mass is 9.97. The van der Waals surface area contributed by atoms with Crippen molar-refractivity contribution < 1.29 is 9.13 Å². The molecular weight excluding hydrogens is 235 g/mol. The molecule has 2 atom stereocenters. The zero-order valence-corrected chi connectivity index (χ0v) is 8.21. The summed E-state index contributed by atoms with van der Waals surface area (Å²) in [5.74, 6) is -0.219. The number of hydrogen-bond donors (Lipinski definition) is 0. The van der Waals surface area contributed by atoms with E-state index in [-0.39, 0.29) is 18.0 Å². The van der Waals surface area contributed by atoms with Crippen molar-refractivity contribution in [2.24, 2.45) is 0 Å². The molecule has 0 spiro atoms. The van der Waals surface area contributed by atoms with Crippen molar-refractivity contribution in [1.82, 2.24) is 0 Å². The van der Waals surface area contributed by atoms with Gasteiger partial charge < -0.3 is 4.74 Å². The maximum atomic E-state index is 13.2. The molecule has 0 fully saturated rings. The Balaban J connectivity index is 2.25. The molecule has 0 saturated carbocycles. The Morgan fingerprint density at radius 2 is 1.77 bits per heavy atom. The Bertz CT molecular complexity index is 377. The largest absolute Gasteiger partial charge is 0.357 e. The molecule has 13 heavy (non-hydrogen) atoms. The van der Waals surface area contributed by atoms with E-state index in [1.165, 1.54) is 0 Å². The molecule has 3 rings (SSSR count). The van der Waals surface area contributed by atoms with E-state index in [1.807, 2.05) is 12.2 Å². The molecule has 2 aliphatic heterocycles. The summed E-state index contributed by atoms with van der Waals surface area (Å²) in [6.45, 7) is 0. The minimum Gasteiger partial charge on any atom is -0.357 e. The summed E-state index contributed by atoms with van der Waals surface area (Å²) in [5, 5.41) is 0. The minimum absolute atomic E-state index is 0.0254. The monoisotopic (exact) mass is 240 g/mol. The lowest BCUT2D eigenvalue weighted by Gasteiger charge is -2.07. The molecule has 1 aromatic carbocycles. The van der Waals surface area contributed by atoms with Crippen LogP contribution in [0.4, 0.5) is 4.39 Å². The highest BCUT2D eigenvalue weighted by molar-refractivity contribution is 9.10. The van der Waals surface area contributed by atoms with Crippen molar-refractivity contribution in [3.63, 3.8) is 0 Å². The molecule has 0 radical (unpaired) electrons. The van der Waals surface area contributed by atoms with E-state index in [0.717, 1.165) is 11.1 Å². The Labute approximate surface area is 83.3 Å². The van der Waals surface area contributed by atoms with E-state index in [2.05, 4.69) is 15.9 Å². The molecule has 3 heteroatoms. The van der Waals surface area contributed by atoms with Crippen LogP contribution in [-0.4, -0.2) is 0 Å². The highest BCUT2D eigenvalue weighted by Crippen LogP contribution is 2.46. The van der Waals surface area contributed by atoms with Gasteiger partial charge in [-0.2, -0.15) is 0 Å². The zero-order chi connectivity index (χ0) is 9.00. The van der Waals surface area contributed by atoms with Gasteiger partial charge in [0.2, 0.25) is 0 Å². The molecule has 2 bridgehead atoms. The molecule has 2 aliphatic rings. The van der Waals surface area contributed by atoms with Crippen LogP contribution in [0.3, 0.4) is 0 Å². The summed E-state index contributed by atoms with van der Waals surface area (Å²) < 4.78 is 19.2. The fraction of sp³-hybridized carbons (Fsp3) is 0.200. The molecule has 0 saturated heterocycles. The third-order valence-electron chi connectivity index (χ3n) is 2.49. The minimum atomic E-state index is -0.219. The molecule has 2 heterocycles. The first-order valence-corrected chi connectivity index (χ1v) is 4.87. The fourth-order valence-electron chi connectivity index (χ4n) is 1.87. The van der Waals surface area contributed by atoms with E-state index in [1.54, 1.807) is 12.1 Å². The van der Waals surface area contributed by atoms with Crippen molar-refractivity contribution in [2.45, 2.75) is 12.2 Å². The van der Waals surface area contributed by atoms with Gasteiger partial charge in [0.1, 0.15) is 18.0 Å². The van der Waals surface area contributed by atoms with E-state index in [0.29, 0.717) is 4.47 Å². The summed E-state index contributed by atoms with van der Waals surface area (Å²) in [5.41, 5.74) is 2.05. The summed E-state index contributed by atoms with van der Waals surface area (Å²) in [6.07, 6.45) is 4.00. The second kappa shape index (κ2) is 2.42. The third kappa shape index (κ3) is 0.944. The maximum Gasteiger partial charge on any atom is 0.137 e. The van der Waals surface area contributed by atoms with Crippen LogP contribution in [0.5, 0.6) is 0 Å². The Morgan fingerprint density at radius 1 is 1.15 bits per heavy atom. The average molecular weight is 241 g/mol.